The smallest absolute Gasteiger partial charge is 0.339 e. The minimum Gasteiger partial charge on any atom is -0.465 e. The molecule has 0 aliphatic carbocycles. The molecular formula is C23H24N2O7. The number of hydrogen-bond acceptors (Lipinski definition) is 7. The third-order valence-electron chi connectivity index (χ3n) is 5.43. The highest BCUT2D eigenvalue weighted by molar-refractivity contribution is 6.22. The van der Waals surface area contributed by atoms with Gasteiger partial charge in [-0.25, -0.2) is 9.59 Å². The fraction of sp³-hybridized carbons (Fsp3) is 0.348. The number of imide groups is 1. The molecule has 0 bridgehead atoms. The van der Waals surface area contributed by atoms with Gasteiger partial charge in [-0.05, 0) is 37.5 Å². The normalized spacial score (nSPS) is 13.9. The van der Waals surface area contributed by atoms with Crippen molar-refractivity contribution in [2.75, 3.05) is 13.7 Å². The first-order chi connectivity index (χ1) is 15.1. The number of carbonyl (C=O) groups is 5. The van der Waals surface area contributed by atoms with Crippen LogP contribution in [0.25, 0.3) is 0 Å². The average Bonchev–Trinajstić information content (AvgIpc) is 3.19. The Hall–Kier alpha value is -3.75. The summed E-state index contributed by atoms with van der Waals surface area (Å²) >= 11 is 0. The number of fused-ring (bicyclic) bond motifs is 1. The maximum atomic E-state index is 12.9. The van der Waals surface area contributed by atoms with Gasteiger partial charge in [0, 0.05) is 5.69 Å². The van der Waals surface area contributed by atoms with Gasteiger partial charge in [0.05, 0.1) is 29.5 Å². The molecular weight excluding hydrogens is 416 g/mol. The van der Waals surface area contributed by atoms with Crippen molar-refractivity contribution >= 4 is 29.5 Å². The molecule has 9 nitrogen and oxygen atoms in total. The van der Waals surface area contributed by atoms with E-state index in [9.17, 15) is 24.0 Å². The lowest BCUT2D eigenvalue weighted by Crippen LogP contribution is -2.49. The molecule has 0 saturated heterocycles. The van der Waals surface area contributed by atoms with Gasteiger partial charge in [-0.1, -0.05) is 26.0 Å². The second kappa shape index (κ2) is 8.78. The number of benzene rings is 1. The number of H-pyrrole nitrogens is 1. The molecule has 0 radical (unpaired) electrons. The Morgan fingerprint density at radius 3 is 2.09 bits per heavy atom. The van der Waals surface area contributed by atoms with Gasteiger partial charge in [-0.3, -0.25) is 19.3 Å². The number of ether oxygens (including phenoxy) is 2. The van der Waals surface area contributed by atoms with Crippen LogP contribution < -0.4 is 0 Å². The summed E-state index contributed by atoms with van der Waals surface area (Å²) in [7, 11) is 1.24. The number of aromatic amines is 1. The second-order valence-electron chi connectivity index (χ2n) is 7.86. The van der Waals surface area contributed by atoms with Gasteiger partial charge in [0.1, 0.15) is 6.04 Å². The molecule has 2 amide bonds. The van der Waals surface area contributed by atoms with Crippen LogP contribution in [0, 0.1) is 19.8 Å². The molecule has 1 aromatic carbocycles. The highest BCUT2D eigenvalue weighted by Gasteiger charge is 2.44. The molecule has 1 aliphatic heterocycles. The van der Waals surface area contributed by atoms with Crippen molar-refractivity contribution in [2.24, 2.45) is 5.92 Å². The van der Waals surface area contributed by atoms with Crippen LogP contribution in [0.2, 0.25) is 0 Å². The van der Waals surface area contributed by atoms with E-state index >= 15 is 0 Å². The number of amides is 2. The molecule has 9 heteroatoms. The van der Waals surface area contributed by atoms with E-state index < -0.39 is 48.1 Å². The van der Waals surface area contributed by atoms with Crippen molar-refractivity contribution in [3.8, 4) is 0 Å². The lowest BCUT2D eigenvalue weighted by Gasteiger charge is -2.27. The second-order valence-corrected chi connectivity index (χ2v) is 7.86. The first-order valence-corrected chi connectivity index (χ1v) is 10.0. The molecule has 1 atom stereocenters. The monoisotopic (exact) mass is 440 g/mol. The summed E-state index contributed by atoms with van der Waals surface area (Å²) in [5.74, 6) is -3.61. The third-order valence-corrected chi connectivity index (χ3v) is 5.43. The lowest BCUT2D eigenvalue weighted by atomic mass is 10.0. The predicted octanol–water partition coefficient (Wildman–Crippen LogP) is 2.46. The van der Waals surface area contributed by atoms with Crippen LogP contribution >= 0.6 is 0 Å². The Morgan fingerprint density at radius 2 is 1.59 bits per heavy atom. The van der Waals surface area contributed by atoms with Gasteiger partial charge in [0.25, 0.3) is 11.8 Å². The van der Waals surface area contributed by atoms with Crippen LogP contribution in [0.4, 0.5) is 0 Å². The zero-order valence-electron chi connectivity index (χ0n) is 18.5. The minimum absolute atomic E-state index is 0.123. The van der Waals surface area contributed by atoms with Crippen molar-refractivity contribution < 1.29 is 33.4 Å². The predicted molar refractivity (Wildman–Crippen MR) is 112 cm³/mol. The van der Waals surface area contributed by atoms with Crippen molar-refractivity contribution in [3.05, 3.63) is 57.9 Å². The number of methoxy groups -OCH3 is 1. The van der Waals surface area contributed by atoms with E-state index in [1.807, 2.05) is 0 Å². The topological polar surface area (TPSA) is 123 Å². The highest BCUT2D eigenvalue weighted by Crippen LogP contribution is 2.28. The zero-order chi connectivity index (χ0) is 23.7. The summed E-state index contributed by atoms with van der Waals surface area (Å²) in [5, 5.41) is 0. The molecule has 0 spiro atoms. The third kappa shape index (κ3) is 3.81. The van der Waals surface area contributed by atoms with Gasteiger partial charge in [-0.2, -0.15) is 0 Å². The standard InChI is InChI=1S/C23H24N2O7/c1-11(2)19(25-20(27)14-8-6-7-9-15(14)21(25)28)23(30)32-10-16(26)18-12(3)17(13(4)24-18)22(29)31-5/h6-9,11,19,24H,10H2,1-5H3. The van der Waals surface area contributed by atoms with E-state index in [0.29, 0.717) is 11.3 Å². The maximum Gasteiger partial charge on any atom is 0.339 e. The summed E-state index contributed by atoms with van der Waals surface area (Å²) in [6.45, 7) is 5.95. The summed E-state index contributed by atoms with van der Waals surface area (Å²) in [6.07, 6.45) is 0. The van der Waals surface area contributed by atoms with Gasteiger partial charge in [0.15, 0.2) is 6.61 Å². The molecule has 1 aliphatic rings. The van der Waals surface area contributed by atoms with E-state index in [2.05, 4.69) is 4.98 Å². The molecule has 2 heterocycles. The van der Waals surface area contributed by atoms with Crippen molar-refractivity contribution in [2.45, 2.75) is 33.7 Å². The molecule has 0 saturated carbocycles. The van der Waals surface area contributed by atoms with Gasteiger partial charge >= 0.3 is 11.9 Å². The van der Waals surface area contributed by atoms with Crippen LogP contribution in [0.1, 0.15) is 66.7 Å². The largest absolute Gasteiger partial charge is 0.465 e. The molecule has 1 aromatic heterocycles. The van der Waals surface area contributed by atoms with Crippen LogP contribution in [0.15, 0.2) is 24.3 Å². The van der Waals surface area contributed by atoms with Crippen molar-refractivity contribution in [1.29, 1.82) is 0 Å². The van der Waals surface area contributed by atoms with Crippen LogP contribution in [-0.2, 0) is 14.3 Å². The fourth-order valence-corrected chi connectivity index (χ4v) is 3.87. The summed E-state index contributed by atoms with van der Waals surface area (Å²) in [5.41, 5.74) is 1.65. The number of aromatic nitrogens is 1. The molecule has 3 rings (SSSR count). The summed E-state index contributed by atoms with van der Waals surface area (Å²) in [6, 6.07) is 5.14. The number of Topliss-reactive ketones (excluding diaryl/α,β-unsaturated/α-hetero) is 1. The molecule has 168 valence electrons. The van der Waals surface area contributed by atoms with Crippen molar-refractivity contribution in [1.82, 2.24) is 9.88 Å². The van der Waals surface area contributed by atoms with Gasteiger partial charge in [0.2, 0.25) is 5.78 Å². The summed E-state index contributed by atoms with van der Waals surface area (Å²) in [4.78, 5) is 66.7. The van der Waals surface area contributed by atoms with Crippen LogP contribution in [0.3, 0.4) is 0 Å². The highest BCUT2D eigenvalue weighted by atomic mass is 16.5. The Morgan fingerprint density at radius 1 is 1.03 bits per heavy atom. The SMILES string of the molecule is COC(=O)c1c(C)[nH]c(C(=O)COC(=O)C(C(C)C)N2C(=O)c3ccccc3C2=O)c1C. The summed E-state index contributed by atoms with van der Waals surface area (Å²) < 4.78 is 9.94. The number of ketones is 1. The van der Waals surface area contributed by atoms with Gasteiger partial charge in [-0.15, -0.1) is 0 Å². The van der Waals surface area contributed by atoms with Crippen molar-refractivity contribution in [3.63, 3.8) is 0 Å². The van der Waals surface area contributed by atoms with E-state index in [1.165, 1.54) is 19.2 Å². The Balaban J connectivity index is 1.78. The number of nitrogens with zero attached hydrogens (tertiary/aromatic N) is 1. The van der Waals surface area contributed by atoms with Crippen LogP contribution in [-0.4, -0.2) is 59.2 Å². The molecule has 2 aromatic rings. The molecule has 32 heavy (non-hydrogen) atoms. The number of nitrogens with one attached hydrogen (secondary N) is 1. The maximum absolute atomic E-state index is 12.9. The number of esters is 2. The van der Waals surface area contributed by atoms with E-state index in [0.717, 1.165) is 4.90 Å². The number of aryl methyl sites for hydroxylation is 1. The molecule has 0 fully saturated rings. The van der Waals surface area contributed by atoms with E-state index in [-0.39, 0.29) is 22.4 Å². The van der Waals surface area contributed by atoms with E-state index in [1.54, 1.807) is 39.8 Å². The lowest BCUT2D eigenvalue weighted by molar-refractivity contribution is -0.148. The zero-order valence-corrected chi connectivity index (χ0v) is 18.5. The quantitative estimate of drug-likeness (QED) is 0.399. The average molecular weight is 440 g/mol. The fourth-order valence-electron chi connectivity index (χ4n) is 3.87. The molecule has 1 N–H and O–H groups in total. The number of hydrogen-bond donors (Lipinski definition) is 1. The first kappa shape index (κ1) is 22.9. The number of rotatable bonds is 7. The first-order valence-electron chi connectivity index (χ1n) is 10.0. The Bertz CT molecular complexity index is 1090. The number of carbonyl (C=O) groups excluding carboxylic acids is 5. The van der Waals surface area contributed by atoms with Crippen LogP contribution in [0.5, 0.6) is 0 Å². The van der Waals surface area contributed by atoms with Gasteiger partial charge < -0.3 is 14.5 Å². The molecule has 1 unspecified atom stereocenters. The van der Waals surface area contributed by atoms with E-state index in [4.69, 9.17) is 9.47 Å². The Labute approximate surface area is 184 Å². The Kier molecular flexibility index (Phi) is 6.29. The minimum atomic E-state index is -1.19.